The molecular formula is C15H13Cl2N5O3S. The molecule has 26 heavy (non-hydrogen) atoms. The normalized spacial score (nSPS) is 11.0. The summed E-state index contributed by atoms with van der Waals surface area (Å²) in [4.78, 5) is 31.0. The number of anilines is 1. The molecule has 0 bridgehead atoms. The minimum absolute atomic E-state index is 0.0306. The van der Waals surface area contributed by atoms with Gasteiger partial charge in [0.1, 0.15) is 5.39 Å². The molecule has 1 amide bonds. The Hall–Kier alpha value is -2.07. The van der Waals surface area contributed by atoms with E-state index in [1.807, 2.05) is 0 Å². The highest BCUT2D eigenvalue weighted by Gasteiger charge is 2.12. The van der Waals surface area contributed by atoms with Crippen LogP contribution in [0.5, 0.6) is 0 Å². The molecule has 0 spiro atoms. The molecule has 3 rings (SSSR count). The van der Waals surface area contributed by atoms with Gasteiger partial charge in [0, 0.05) is 5.69 Å². The molecule has 0 aliphatic carbocycles. The highest BCUT2D eigenvalue weighted by Crippen LogP contribution is 2.25. The summed E-state index contributed by atoms with van der Waals surface area (Å²) < 4.78 is 1.43. The van der Waals surface area contributed by atoms with Crippen molar-refractivity contribution in [2.24, 2.45) is 0 Å². The fraction of sp³-hybridized carbons (Fsp3) is 0.200. The van der Waals surface area contributed by atoms with Crippen LogP contribution in [0.4, 0.5) is 5.69 Å². The molecule has 136 valence electrons. The number of H-pyrrole nitrogens is 1. The van der Waals surface area contributed by atoms with Crippen LogP contribution in [0.25, 0.3) is 11.0 Å². The maximum Gasteiger partial charge on any atom is 0.262 e. The Morgan fingerprint density at radius 2 is 2.15 bits per heavy atom. The Labute approximate surface area is 161 Å². The fourth-order valence-corrected chi connectivity index (χ4v) is 3.13. The van der Waals surface area contributed by atoms with Gasteiger partial charge in [0.05, 0.1) is 35.1 Å². The third-order valence-electron chi connectivity index (χ3n) is 3.34. The summed E-state index contributed by atoms with van der Waals surface area (Å²) in [6.45, 7) is 0.0989. The Bertz CT molecular complexity index is 1020. The number of carbonyl (C=O) groups excluding carboxylic acids is 1. The third kappa shape index (κ3) is 4.18. The number of benzene rings is 1. The average molecular weight is 414 g/mol. The van der Waals surface area contributed by atoms with Crippen LogP contribution in [0.3, 0.4) is 0 Å². The Kier molecular flexibility index (Phi) is 5.82. The van der Waals surface area contributed by atoms with E-state index in [1.54, 1.807) is 18.2 Å². The lowest BCUT2D eigenvalue weighted by Gasteiger charge is -2.06. The molecule has 0 aliphatic heterocycles. The number of hydrogen-bond donors (Lipinski definition) is 3. The molecule has 8 nitrogen and oxygen atoms in total. The summed E-state index contributed by atoms with van der Waals surface area (Å²) in [6.07, 6.45) is 1.39. The summed E-state index contributed by atoms with van der Waals surface area (Å²) in [6, 6.07) is 4.77. The van der Waals surface area contributed by atoms with Crippen molar-refractivity contribution in [3.05, 3.63) is 44.8 Å². The van der Waals surface area contributed by atoms with Gasteiger partial charge in [0.25, 0.3) is 5.56 Å². The van der Waals surface area contributed by atoms with E-state index in [0.29, 0.717) is 26.8 Å². The van der Waals surface area contributed by atoms with Gasteiger partial charge in [-0.1, -0.05) is 35.0 Å². The minimum atomic E-state index is -0.355. The number of hydrogen-bond acceptors (Lipinski definition) is 6. The van der Waals surface area contributed by atoms with Gasteiger partial charge in [0.15, 0.2) is 10.8 Å². The van der Waals surface area contributed by atoms with Crippen LogP contribution in [0, 0.1) is 0 Å². The van der Waals surface area contributed by atoms with E-state index in [-0.39, 0.29) is 35.5 Å². The molecule has 0 atom stereocenters. The second-order valence-electron chi connectivity index (χ2n) is 5.17. The minimum Gasteiger partial charge on any atom is -0.394 e. The smallest absolute Gasteiger partial charge is 0.262 e. The van der Waals surface area contributed by atoms with Gasteiger partial charge in [-0.3, -0.25) is 9.59 Å². The number of aromatic nitrogens is 4. The number of aliphatic hydroxyl groups is 1. The van der Waals surface area contributed by atoms with Crippen LogP contribution < -0.4 is 10.9 Å². The SMILES string of the molecule is O=C(CSc1nc2c(cnn2CCO)c(=O)[nH]1)Nc1ccc(Cl)c(Cl)c1. The number of thioether (sulfide) groups is 1. The number of aromatic amines is 1. The second kappa shape index (κ2) is 8.09. The first-order valence-electron chi connectivity index (χ1n) is 7.42. The van der Waals surface area contributed by atoms with E-state index >= 15 is 0 Å². The lowest BCUT2D eigenvalue weighted by atomic mass is 10.3. The van der Waals surface area contributed by atoms with E-state index in [9.17, 15) is 9.59 Å². The van der Waals surface area contributed by atoms with Crippen LogP contribution in [0.15, 0.2) is 34.3 Å². The lowest BCUT2D eigenvalue weighted by molar-refractivity contribution is -0.113. The van der Waals surface area contributed by atoms with Gasteiger partial charge in [-0.05, 0) is 18.2 Å². The monoisotopic (exact) mass is 413 g/mol. The topological polar surface area (TPSA) is 113 Å². The van der Waals surface area contributed by atoms with E-state index in [0.717, 1.165) is 11.8 Å². The first-order chi connectivity index (χ1) is 12.5. The zero-order valence-corrected chi connectivity index (χ0v) is 15.5. The molecule has 11 heteroatoms. The Morgan fingerprint density at radius 1 is 1.35 bits per heavy atom. The summed E-state index contributed by atoms with van der Waals surface area (Å²) in [5.74, 6) is -0.261. The molecule has 1 aromatic carbocycles. The van der Waals surface area contributed by atoms with Crippen LogP contribution in [0.1, 0.15) is 0 Å². The first kappa shape index (κ1) is 18.7. The zero-order valence-electron chi connectivity index (χ0n) is 13.2. The average Bonchev–Trinajstić information content (AvgIpc) is 3.00. The van der Waals surface area contributed by atoms with Crippen molar-refractivity contribution in [1.29, 1.82) is 0 Å². The number of amides is 1. The summed E-state index contributed by atoms with van der Waals surface area (Å²) in [5.41, 5.74) is 0.518. The number of nitrogens with one attached hydrogen (secondary N) is 2. The van der Waals surface area contributed by atoms with Gasteiger partial charge < -0.3 is 15.4 Å². The summed E-state index contributed by atoms with van der Waals surface area (Å²) in [5, 5.41) is 17.1. The molecule has 3 N–H and O–H groups in total. The molecule has 0 saturated heterocycles. The number of aliphatic hydroxyl groups excluding tert-OH is 1. The fourth-order valence-electron chi connectivity index (χ4n) is 2.18. The van der Waals surface area contributed by atoms with Gasteiger partial charge in [-0.2, -0.15) is 5.10 Å². The maximum absolute atomic E-state index is 12.1. The maximum atomic E-state index is 12.1. The third-order valence-corrected chi connectivity index (χ3v) is 4.95. The standard InChI is InChI=1S/C15H13Cl2N5O3S/c16-10-2-1-8(5-11(10)17)19-12(24)7-26-15-20-13-9(14(25)21-15)6-18-22(13)3-4-23/h1-2,5-6,23H,3-4,7H2,(H,19,24)(H,20,21,25). The molecule has 0 fully saturated rings. The van der Waals surface area contributed by atoms with E-state index < -0.39 is 0 Å². The summed E-state index contributed by atoms with van der Waals surface area (Å²) in [7, 11) is 0. The molecule has 0 aliphatic rings. The quantitative estimate of drug-likeness (QED) is 0.421. The Morgan fingerprint density at radius 3 is 2.88 bits per heavy atom. The van der Waals surface area contributed by atoms with Crippen molar-refractivity contribution >= 4 is 57.6 Å². The first-order valence-corrected chi connectivity index (χ1v) is 9.16. The van der Waals surface area contributed by atoms with Crippen LogP contribution >= 0.6 is 35.0 Å². The molecule has 0 saturated carbocycles. The number of halogens is 2. The molecule has 2 heterocycles. The predicted octanol–water partition coefficient (Wildman–Crippen LogP) is 2.15. The summed E-state index contributed by atoms with van der Waals surface area (Å²) >= 11 is 12.8. The molecule has 0 radical (unpaired) electrons. The van der Waals surface area contributed by atoms with Gasteiger partial charge in [-0.25, -0.2) is 9.67 Å². The van der Waals surface area contributed by atoms with E-state index in [4.69, 9.17) is 28.3 Å². The number of fused-ring (bicyclic) bond motifs is 1. The van der Waals surface area contributed by atoms with Crippen molar-refractivity contribution in [3.63, 3.8) is 0 Å². The van der Waals surface area contributed by atoms with Crippen LogP contribution in [-0.2, 0) is 11.3 Å². The largest absolute Gasteiger partial charge is 0.394 e. The molecular weight excluding hydrogens is 401 g/mol. The second-order valence-corrected chi connectivity index (χ2v) is 6.94. The van der Waals surface area contributed by atoms with Crippen molar-refractivity contribution in [2.75, 3.05) is 17.7 Å². The van der Waals surface area contributed by atoms with Crippen molar-refractivity contribution in [2.45, 2.75) is 11.7 Å². The molecule has 0 unspecified atom stereocenters. The van der Waals surface area contributed by atoms with Crippen LogP contribution in [-0.4, -0.2) is 43.1 Å². The van der Waals surface area contributed by atoms with Crippen molar-refractivity contribution < 1.29 is 9.90 Å². The van der Waals surface area contributed by atoms with Crippen molar-refractivity contribution in [1.82, 2.24) is 19.7 Å². The lowest BCUT2D eigenvalue weighted by Crippen LogP contribution is -2.16. The van der Waals surface area contributed by atoms with Gasteiger partial charge in [-0.15, -0.1) is 0 Å². The van der Waals surface area contributed by atoms with E-state index in [2.05, 4.69) is 20.4 Å². The van der Waals surface area contributed by atoms with E-state index in [1.165, 1.54) is 10.9 Å². The molecule has 3 aromatic rings. The Balaban J connectivity index is 1.70. The van der Waals surface area contributed by atoms with Crippen molar-refractivity contribution in [3.8, 4) is 0 Å². The highest BCUT2D eigenvalue weighted by atomic mass is 35.5. The number of nitrogens with zero attached hydrogens (tertiary/aromatic N) is 3. The van der Waals surface area contributed by atoms with Crippen LogP contribution in [0.2, 0.25) is 10.0 Å². The zero-order chi connectivity index (χ0) is 18.7. The highest BCUT2D eigenvalue weighted by molar-refractivity contribution is 7.99. The number of rotatable bonds is 6. The van der Waals surface area contributed by atoms with Gasteiger partial charge in [0.2, 0.25) is 5.91 Å². The van der Waals surface area contributed by atoms with Gasteiger partial charge >= 0.3 is 0 Å². The predicted molar refractivity (Wildman–Crippen MR) is 101 cm³/mol. The molecule has 2 aromatic heterocycles. The number of carbonyl (C=O) groups is 1.